The highest BCUT2D eigenvalue weighted by Gasteiger charge is 2.38. The molecule has 1 aromatic carbocycles. The first-order chi connectivity index (χ1) is 10.1. The quantitative estimate of drug-likeness (QED) is 0.859. The van der Waals surface area contributed by atoms with Gasteiger partial charge < -0.3 is 10.6 Å². The lowest BCUT2D eigenvalue weighted by Gasteiger charge is -2.23. The van der Waals surface area contributed by atoms with Gasteiger partial charge in [0.1, 0.15) is 0 Å². The van der Waals surface area contributed by atoms with E-state index in [0.717, 1.165) is 5.56 Å². The number of rotatable bonds is 4. The van der Waals surface area contributed by atoms with Crippen molar-refractivity contribution in [1.29, 1.82) is 0 Å². The lowest BCUT2D eigenvalue weighted by molar-refractivity contribution is -0.115. The van der Waals surface area contributed by atoms with Gasteiger partial charge in [0, 0.05) is 5.54 Å². The summed E-state index contributed by atoms with van der Waals surface area (Å²) in [7, 11) is -3.02. The van der Waals surface area contributed by atoms with Gasteiger partial charge >= 0.3 is 0 Å². The van der Waals surface area contributed by atoms with E-state index in [-0.39, 0.29) is 24.0 Å². The molecule has 1 unspecified atom stereocenters. The second kappa shape index (κ2) is 6.35. The summed E-state index contributed by atoms with van der Waals surface area (Å²) in [6.07, 6.45) is 0.495. The third-order valence-corrected chi connectivity index (χ3v) is 6.43. The van der Waals surface area contributed by atoms with Gasteiger partial charge in [0.25, 0.3) is 0 Å². The molecule has 8 heteroatoms. The Kier molecular flexibility index (Phi) is 5.06. The van der Waals surface area contributed by atoms with E-state index in [1.807, 2.05) is 6.92 Å². The number of nitrogens with one attached hydrogen (secondary N) is 2. The molecule has 1 aliphatic heterocycles. The molecule has 0 bridgehead atoms. The Balaban J connectivity index is 1.99. The van der Waals surface area contributed by atoms with Gasteiger partial charge in [0.2, 0.25) is 5.91 Å². The number of carbonyl (C=O) groups excluding carboxylic acids is 1. The van der Waals surface area contributed by atoms with Gasteiger partial charge in [-0.3, -0.25) is 4.79 Å². The van der Waals surface area contributed by atoms with Gasteiger partial charge in [-0.25, -0.2) is 8.42 Å². The zero-order chi connectivity index (χ0) is 16.5. The molecule has 22 heavy (non-hydrogen) atoms. The maximum atomic E-state index is 12.0. The highest BCUT2D eigenvalue weighted by Crippen LogP contribution is 2.32. The third-order valence-electron chi connectivity index (χ3n) is 3.73. The molecular formula is C14H18Cl2N2O3S. The summed E-state index contributed by atoms with van der Waals surface area (Å²) in [4.78, 5) is 12.0. The van der Waals surface area contributed by atoms with E-state index < -0.39 is 15.4 Å². The minimum absolute atomic E-state index is 0.00732. The highest BCUT2D eigenvalue weighted by molar-refractivity contribution is 7.91. The largest absolute Gasteiger partial charge is 0.322 e. The van der Waals surface area contributed by atoms with Crippen molar-refractivity contribution in [3.63, 3.8) is 0 Å². The molecule has 2 N–H and O–H groups in total. The van der Waals surface area contributed by atoms with Crippen molar-refractivity contribution in [3.8, 4) is 0 Å². The first-order valence-electron chi connectivity index (χ1n) is 6.82. The first-order valence-corrected chi connectivity index (χ1v) is 9.39. The van der Waals surface area contributed by atoms with Crippen LogP contribution in [0.25, 0.3) is 0 Å². The average molecular weight is 365 g/mol. The number of hydrogen-bond donors (Lipinski definition) is 2. The zero-order valence-electron chi connectivity index (χ0n) is 12.4. The van der Waals surface area contributed by atoms with Crippen molar-refractivity contribution >= 4 is 44.6 Å². The number of hydrogen-bond acceptors (Lipinski definition) is 4. The Morgan fingerprint density at radius 3 is 2.64 bits per heavy atom. The summed E-state index contributed by atoms with van der Waals surface area (Å²) >= 11 is 12.2. The number of amides is 1. The fourth-order valence-electron chi connectivity index (χ4n) is 2.40. The molecule has 1 heterocycles. The van der Waals surface area contributed by atoms with E-state index in [1.54, 1.807) is 19.1 Å². The van der Waals surface area contributed by atoms with Gasteiger partial charge in [-0.05, 0) is 31.9 Å². The maximum Gasteiger partial charge on any atom is 0.238 e. The van der Waals surface area contributed by atoms with Crippen molar-refractivity contribution in [2.24, 2.45) is 0 Å². The number of halogens is 2. The third kappa shape index (κ3) is 4.13. The smallest absolute Gasteiger partial charge is 0.238 e. The van der Waals surface area contributed by atoms with Crippen molar-refractivity contribution in [1.82, 2.24) is 5.32 Å². The summed E-state index contributed by atoms with van der Waals surface area (Å²) < 4.78 is 23.1. The topological polar surface area (TPSA) is 75.3 Å². The highest BCUT2D eigenvalue weighted by atomic mass is 35.5. The van der Waals surface area contributed by atoms with Gasteiger partial charge in [-0.2, -0.15) is 0 Å². The lowest BCUT2D eigenvalue weighted by Crippen LogP contribution is -2.46. The monoisotopic (exact) mass is 364 g/mol. The molecule has 1 aliphatic rings. The van der Waals surface area contributed by atoms with Gasteiger partial charge in [-0.1, -0.05) is 29.3 Å². The Morgan fingerprint density at radius 2 is 2.05 bits per heavy atom. The van der Waals surface area contributed by atoms with Crippen LogP contribution in [0.2, 0.25) is 10.0 Å². The fraction of sp³-hybridized carbons (Fsp3) is 0.500. The van der Waals surface area contributed by atoms with Crippen molar-refractivity contribution < 1.29 is 13.2 Å². The van der Waals surface area contributed by atoms with Crippen molar-refractivity contribution in [2.45, 2.75) is 25.8 Å². The molecule has 1 aromatic rings. The van der Waals surface area contributed by atoms with E-state index in [0.29, 0.717) is 22.2 Å². The molecule has 0 radical (unpaired) electrons. The molecule has 1 fully saturated rings. The SMILES string of the molecule is Cc1ccc(Cl)c(NC(=O)CNC2(C)CCS(=O)(=O)C2)c1Cl. The lowest BCUT2D eigenvalue weighted by atomic mass is 10.0. The van der Waals surface area contributed by atoms with Crippen LogP contribution in [0.5, 0.6) is 0 Å². The molecule has 0 spiro atoms. The minimum atomic E-state index is -3.02. The Hall–Kier alpha value is -0.820. The number of anilines is 1. The second-order valence-corrected chi connectivity index (χ2v) is 8.83. The van der Waals surface area contributed by atoms with E-state index >= 15 is 0 Å². The normalized spacial score (nSPS) is 23.5. The number of aryl methyl sites for hydroxylation is 1. The van der Waals surface area contributed by atoms with Crippen LogP contribution in [0, 0.1) is 6.92 Å². The predicted octanol–water partition coefficient (Wildman–Crippen LogP) is 2.41. The molecule has 0 saturated carbocycles. The van der Waals surface area contributed by atoms with E-state index in [9.17, 15) is 13.2 Å². The molecule has 1 saturated heterocycles. The van der Waals surface area contributed by atoms with Crippen LogP contribution in [0.4, 0.5) is 5.69 Å². The van der Waals surface area contributed by atoms with E-state index in [1.165, 1.54) is 0 Å². The minimum Gasteiger partial charge on any atom is -0.322 e. The summed E-state index contributed by atoms with van der Waals surface area (Å²) in [5, 5.41) is 6.43. The number of carbonyl (C=O) groups is 1. The fourth-order valence-corrected chi connectivity index (χ4v) is 4.99. The van der Waals surface area contributed by atoms with Crippen LogP contribution >= 0.6 is 23.2 Å². The predicted molar refractivity (Wildman–Crippen MR) is 89.5 cm³/mol. The Morgan fingerprint density at radius 1 is 1.36 bits per heavy atom. The van der Waals surface area contributed by atoms with Crippen LogP contribution in [0.3, 0.4) is 0 Å². The van der Waals surface area contributed by atoms with Crippen LogP contribution in [0.1, 0.15) is 18.9 Å². The molecule has 0 aliphatic carbocycles. The van der Waals surface area contributed by atoms with Crippen LogP contribution in [0.15, 0.2) is 12.1 Å². The standard InChI is InChI=1S/C14H18Cl2N2O3S/c1-9-3-4-10(15)13(12(9)16)18-11(19)7-17-14(2)5-6-22(20,21)8-14/h3-4,17H,5-8H2,1-2H3,(H,18,19). The van der Waals surface area contributed by atoms with Crippen molar-refractivity contribution in [3.05, 3.63) is 27.7 Å². The average Bonchev–Trinajstić information content (AvgIpc) is 2.72. The molecule has 1 atom stereocenters. The van der Waals surface area contributed by atoms with Crippen LogP contribution in [-0.2, 0) is 14.6 Å². The summed E-state index contributed by atoms with van der Waals surface area (Å²) in [5.41, 5.74) is 0.610. The van der Waals surface area contributed by atoms with E-state index in [4.69, 9.17) is 23.2 Å². The first kappa shape index (κ1) is 17.5. The molecule has 2 rings (SSSR count). The molecule has 1 amide bonds. The molecule has 122 valence electrons. The van der Waals surface area contributed by atoms with Gasteiger partial charge in [-0.15, -0.1) is 0 Å². The maximum absolute atomic E-state index is 12.0. The summed E-state index contributed by atoms with van der Waals surface area (Å²) in [6.45, 7) is 3.61. The van der Waals surface area contributed by atoms with Crippen molar-refractivity contribution in [2.75, 3.05) is 23.4 Å². The molecule has 0 aromatic heterocycles. The second-order valence-electron chi connectivity index (χ2n) is 5.86. The molecular weight excluding hydrogens is 347 g/mol. The van der Waals surface area contributed by atoms with Gasteiger partial charge in [0.15, 0.2) is 9.84 Å². The number of benzene rings is 1. The Labute approximate surface area is 140 Å². The van der Waals surface area contributed by atoms with Gasteiger partial charge in [0.05, 0.1) is 33.8 Å². The van der Waals surface area contributed by atoms with Crippen LogP contribution < -0.4 is 10.6 Å². The number of sulfone groups is 1. The summed E-state index contributed by atoms with van der Waals surface area (Å²) in [5.74, 6) is -0.132. The van der Waals surface area contributed by atoms with E-state index in [2.05, 4.69) is 10.6 Å². The Bertz CT molecular complexity index is 706. The molecule has 5 nitrogen and oxygen atoms in total. The summed E-state index contributed by atoms with van der Waals surface area (Å²) in [6, 6.07) is 3.43. The zero-order valence-corrected chi connectivity index (χ0v) is 14.7. The van der Waals surface area contributed by atoms with Crippen LogP contribution in [-0.4, -0.2) is 37.9 Å².